The summed E-state index contributed by atoms with van der Waals surface area (Å²) in [5.74, 6) is 1.02. The molecule has 1 heterocycles. The van der Waals surface area contributed by atoms with Crippen molar-refractivity contribution in [3.8, 4) is 5.75 Å². The fourth-order valence-electron chi connectivity index (χ4n) is 2.93. The third kappa shape index (κ3) is 6.03. The molecule has 0 spiro atoms. The summed E-state index contributed by atoms with van der Waals surface area (Å²) in [7, 11) is 0. The molecule has 1 unspecified atom stereocenters. The van der Waals surface area contributed by atoms with Crippen LogP contribution in [0.5, 0.6) is 5.75 Å². The van der Waals surface area contributed by atoms with Crippen molar-refractivity contribution in [3.63, 3.8) is 0 Å². The van der Waals surface area contributed by atoms with Crippen molar-refractivity contribution in [2.24, 2.45) is 0 Å². The van der Waals surface area contributed by atoms with E-state index in [4.69, 9.17) is 27.9 Å². The molecule has 168 valence electrons. The first-order valence-electron chi connectivity index (χ1n) is 9.87. The number of ether oxygens (including phenoxy) is 1. The predicted octanol–water partition coefficient (Wildman–Crippen LogP) is 5.68. The topological polar surface area (TPSA) is 86.1 Å². The third-order valence-electron chi connectivity index (χ3n) is 4.53. The van der Waals surface area contributed by atoms with Crippen molar-refractivity contribution in [1.82, 2.24) is 14.8 Å². The zero-order chi connectivity index (χ0) is 23.3. The lowest BCUT2D eigenvalue weighted by Gasteiger charge is -2.16. The SMILES string of the molecule is CCn1c(SCC(=O)Nc2ccc(C(C)=O)cc2)nnc1C(C)Oc1cc(Cl)ccc1Cl. The van der Waals surface area contributed by atoms with Gasteiger partial charge in [0.25, 0.3) is 0 Å². The van der Waals surface area contributed by atoms with Gasteiger partial charge in [-0.1, -0.05) is 35.0 Å². The van der Waals surface area contributed by atoms with Crippen LogP contribution < -0.4 is 10.1 Å². The van der Waals surface area contributed by atoms with Gasteiger partial charge in [-0.3, -0.25) is 9.59 Å². The highest BCUT2D eigenvalue weighted by molar-refractivity contribution is 7.99. The van der Waals surface area contributed by atoms with Crippen LogP contribution in [-0.2, 0) is 11.3 Å². The Morgan fingerprint density at radius 2 is 1.88 bits per heavy atom. The monoisotopic (exact) mass is 492 g/mol. The Morgan fingerprint density at radius 1 is 1.16 bits per heavy atom. The van der Waals surface area contributed by atoms with E-state index in [0.717, 1.165) is 0 Å². The molecule has 0 aliphatic rings. The van der Waals surface area contributed by atoms with E-state index in [-0.39, 0.29) is 17.4 Å². The molecule has 0 fully saturated rings. The van der Waals surface area contributed by atoms with Crippen molar-refractivity contribution in [2.45, 2.75) is 38.6 Å². The molecule has 2 aromatic carbocycles. The van der Waals surface area contributed by atoms with Gasteiger partial charge in [0.05, 0.1) is 10.8 Å². The third-order valence-corrected chi connectivity index (χ3v) is 6.04. The Labute approximate surface area is 200 Å². The molecule has 0 saturated heterocycles. The number of amides is 1. The van der Waals surface area contributed by atoms with E-state index in [2.05, 4.69) is 15.5 Å². The van der Waals surface area contributed by atoms with Gasteiger partial charge in [-0.2, -0.15) is 0 Å². The number of hydrogen-bond acceptors (Lipinski definition) is 6. The van der Waals surface area contributed by atoms with Crippen LogP contribution in [0.2, 0.25) is 10.0 Å². The molecule has 10 heteroatoms. The number of thioether (sulfide) groups is 1. The maximum absolute atomic E-state index is 12.3. The van der Waals surface area contributed by atoms with Gasteiger partial charge in [0.1, 0.15) is 5.75 Å². The lowest BCUT2D eigenvalue weighted by atomic mass is 10.1. The summed E-state index contributed by atoms with van der Waals surface area (Å²) >= 11 is 13.5. The van der Waals surface area contributed by atoms with Crippen molar-refractivity contribution in [2.75, 3.05) is 11.1 Å². The highest BCUT2D eigenvalue weighted by Crippen LogP contribution is 2.32. The number of carbonyl (C=O) groups is 2. The van der Waals surface area contributed by atoms with Gasteiger partial charge in [0, 0.05) is 28.9 Å². The summed E-state index contributed by atoms with van der Waals surface area (Å²) in [4.78, 5) is 23.7. The van der Waals surface area contributed by atoms with Crippen LogP contribution >= 0.6 is 35.0 Å². The first-order chi connectivity index (χ1) is 15.3. The molecule has 1 atom stereocenters. The summed E-state index contributed by atoms with van der Waals surface area (Å²) in [5, 5.41) is 12.9. The van der Waals surface area contributed by atoms with Crippen molar-refractivity contribution >= 4 is 52.3 Å². The Bertz CT molecular complexity index is 1120. The van der Waals surface area contributed by atoms with Gasteiger partial charge >= 0.3 is 0 Å². The van der Waals surface area contributed by atoms with Gasteiger partial charge in [-0.05, 0) is 57.2 Å². The van der Waals surface area contributed by atoms with Crippen LogP contribution in [0, 0.1) is 0 Å². The van der Waals surface area contributed by atoms with E-state index in [1.165, 1.54) is 18.7 Å². The summed E-state index contributed by atoms with van der Waals surface area (Å²) in [5.41, 5.74) is 1.22. The minimum Gasteiger partial charge on any atom is -0.481 e. The average Bonchev–Trinajstić information content (AvgIpc) is 3.18. The molecule has 0 bridgehead atoms. The van der Waals surface area contributed by atoms with Crippen LogP contribution in [0.25, 0.3) is 0 Å². The van der Waals surface area contributed by atoms with Gasteiger partial charge in [0.15, 0.2) is 22.9 Å². The molecule has 0 radical (unpaired) electrons. The maximum atomic E-state index is 12.3. The second-order valence-electron chi connectivity index (χ2n) is 6.89. The zero-order valence-electron chi connectivity index (χ0n) is 17.8. The highest BCUT2D eigenvalue weighted by Gasteiger charge is 2.20. The first-order valence-corrected chi connectivity index (χ1v) is 11.6. The number of aromatic nitrogens is 3. The summed E-state index contributed by atoms with van der Waals surface area (Å²) in [6.07, 6.45) is -0.429. The van der Waals surface area contributed by atoms with Crippen molar-refractivity contribution in [1.29, 1.82) is 0 Å². The minimum absolute atomic E-state index is 0.0241. The summed E-state index contributed by atoms with van der Waals surface area (Å²) in [6, 6.07) is 11.8. The van der Waals surface area contributed by atoms with Crippen molar-refractivity contribution in [3.05, 3.63) is 63.9 Å². The van der Waals surface area contributed by atoms with E-state index in [9.17, 15) is 9.59 Å². The van der Waals surface area contributed by atoms with Gasteiger partial charge in [-0.15, -0.1) is 10.2 Å². The van der Waals surface area contributed by atoms with Crippen molar-refractivity contribution < 1.29 is 14.3 Å². The Morgan fingerprint density at radius 3 is 2.53 bits per heavy atom. The second kappa shape index (κ2) is 10.8. The molecular formula is C22H22Cl2N4O3S. The Hall–Kier alpha value is -2.55. The maximum Gasteiger partial charge on any atom is 0.234 e. The number of ketones is 1. The number of hydrogen-bond donors (Lipinski definition) is 1. The molecule has 3 aromatic rings. The summed E-state index contributed by atoms with van der Waals surface area (Å²) < 4.78 is 7.84. The van der Waals surface area contributed by atoms with Crippen LogP contribution in [0.3, 0.4) is 0 Å². The molecule has 7 nitrogen and oxygen atoms in total. The van der Waals surface area contributed by atoms with E-state index in [1.807, 2.05) is 18.4 Å². The fourth-order valence-corrected chi connectivity index (χ4v) is 4.06. The quantitative estimate of drug-likeness (QED) is 0.305. The minimum atomic E-state index is -0.429. The van der Waals surface area contributed by atoms with Crippen LogP contribution in [0.4, 0.5) is 5.69 Å². The number of benzene rings is 2. The molecule has 1 N–H and O–H groups in total. The van der Waals surface area contributed by atoms with Gasteiger partial charge in [0.2, 0.25) is 5.91 Å². The number of nitrogens with one attached hydrogen (secondary N) is 1. The number of Topliss-reactive ketones (excluding diaryl/α,β-unsaturated/α-hetero) is 1. The second-order valence-corrected chi connectivity index (χ2v) is 8.68. The normalized spacial score (nSPS) is 11.8. The van der Waals surface area contributed by atoms with Gasteiger partial charge in [-0.25, -0.2) is 0 Å². The number of rotatable bonds is 9. The fraction of sp³-hybridized carbons (Fsp3) is 0.273. The van der Waals surface area contributed by atoms with Crippen LogP contribution in [0.15, 0.2) is 47.6 Å². The largest absolute Gasteiger partial charge is 0.481 e. The zero-order valence-corrected chi connectivity index (χ0v) is 20.1. The number of halogens is 2. The molecule has 0 aliphatic carbocycles. The van der Waals surface area contributed by atoms with Gasteiger partial charge < -0.3 is 14.6 Å². The average molecular weight is 493 g/mol. The van der Waals surface area contributed by atoms with E-state index in [1.54, 1.807) is 42.5 Å². The standard InChI is InChI=1S/C22H22Cl2N4O3S/c1-4-28-21(14(3)31-19-11-16(23)7-10-18(19)24)26-27-22(28)32-12-20(30)25-17-8-5-15(6-9-17)13(2)29/h5-11,14H,4,12H2,1-3H3,(H,25,30). The number of anilines is 1. The highest BCUT2D eigenvalue weighted by atomic mass is 35.5. The number of nitrogens with zero attached hydrogens (tertiary/aromatic N) is 3. The molecule has 0 aliphatic heterocycles. The lowest BCUT2D eigenvalue weighted by molar-refractivity contribution is -0.113. The first kappa shape index (κ1) is 24.1. The summed E-state index contributed by atoms with van der Waals surface area (Å²) in [6.45, 7) is 5.92. The van der Waals surface area contributed by atoms with E-state index in [0.29, 0.717) is 44.6 Å². The molecule has 1 aromatic heterocycles. The molecule has 3 rings (SSSR count). The smallest absolute Gasteiger partial charge is 0.234 e. The van der Waals surface area contributed by atoms with Crippen LogP contribution in [-0.4, -0.2) is 32.2 Å². The Kier molecular flexibility index (Phi) is 8.17. The molecule has 32 heavy (non-hydrogen) atoms. The predicted molar refractivity (Wildman–Crippen MR) is 127 cm³/mol. The molecular weight excluding hydrogens is 471 g/mol. The molecule has 0 saturated carbocycles. The number of carbonyl (C=O) groups excluding carboxylic acids is 2. The molecule has 1 amide bonds. The Balaban J connectivity index is 1.63. The van der Waals surface area contributed by atoms with E-state index < -0.39 is 6.10 Å². The van der Waals surface area contributed by atoms with Crippen LogP contribution in [0.1, 0.15) is 43.1 Å². The lowest BCUT2D eigenvalue weighted by Crippen LogP contribution is -2.15. The van der Waals surface area contributed by atoms with E-state index >= 15 is 0 Å².